The van der Waals surface area contributed by atoms with E-state index in [1.54, 1.807) is 13.0 Å². The zero-order valence-corrected chi connectivity index (χ0v) is 14.9. The molecule has 1 amide bonds. The first-order chi connectivity index (χ1) is 11.9. The summed E-state index contributed by atoms with van der Waals surface area (Å²) in [4.78, 5) is 11.5. The maximum absolute atomic E-state index is 12.6. The number of amides is 1. The van der Waals surface area contributed by atoms with Crippen molar-refractivity contribution in [2.24, 2.45) is 0 Å². The first-order valence-corrected chi connectivity index (χ1v) is 9.55. The van der Waals surface area contributed by atoms with E-state index in [9.17, 15) is 13.2 Å². The van der Waals surface area contributed by atoms with E-state index < -0.39 is 10.0 Å². The molecule has 132 valence electrons. The molecule has 2 N–H and O–H groups in total. The van der Waals surface area contributed by atoms with Gasteiger partial charge in [0.25, 0.3) is 5.91 Å². The number of hydrogen-bond acceptors (Lipinski definition) is 4. The second-order valence-corrected chi connectivity index (χ2v) is 7.65. The Kier molecular flexibility index (Phi) is 4.78. The molecule has 0 radical (unpaired) electrons. The van der Waals surface area contributed by atoms with Crippen molar-refractivity contribution in [2.45, 2.75) is 31.2 Å². The fraction of sp³-hybridized carbons (Fsp3) is 0.278. The van der Waals surface area contributed by atoms with Gasteiger partial charge in [0.05, 0.1) is 10.6 Å². The van der Waals surface area contributed by atoms with Gasteiger partial charge < -0.3 is 10.1 Å². The molecule has 25 heavy (non-hydrogen) atoms. The minimum absolute atomic E-state index is 0.0673. The zero-order chi connectivity index (χ0) is 18.0. The summed E-state index contributed by atoms with van der Waals surface area (Å²) < 4.78 is 33.2. The number of benzene rings is 2. The number of carbonyl (C=O) groups excluding carboxylic acids is 1. The molecule has 2 aromatic rings. The number of hydrogen-bond donors (Lipinski definition) is 2. The molecule has 7 heteroatoms. The van der Waals surface area contributed by atoms with Crippen LogP contribution in [-0.2, 0) is 21.2 Å². The Bertz CT molecular complexity index is 892. The summed E-state index contributed by atoms with van der Waals surface area (Å²) in [5.41, 5.74) is 2.44. The lowest BCUT2D eigenvalue weighted by atomic mass is 10.1. The Labute approximate surface area is 147 Å². The van der Waals surface area contributed by atoms with Crippen LogP contribution in [0.5, 0.6) is 5.75 Å². The van der Waals surface area contributed by atoms with Crippen LogP contribution in [0.2, 0.25) is 0 Å². The minimum atomic E-state index is -3.73. The smallest absolute Gasteiger partial charge is 0.262 e. The lowest BCUT2D eigenvalue weighted by molar-refractivity contribution is -0.118. The molecular weight excluding hydrogens is 340 g/mol. The number of fused-ring (bicyclic) bond motifs is 1. The van der Waals surface area contributed by atoms with Crippen LogP contribution in [0.25, 0.3) is 0 Å². The Morgan fingerprint density at radius 3 is 2.60 bits per heavy atom. The first-order valence-electron chi connectivity index (χ1n) is 8.07. The first kappa shape index (κ1) is 17.4. The largest absolute Gasteiger partial charge is 0.482 e. The SMILES string of the molecule is CCc1ccc(C(C)NS(=O)(=O)c2ccc3c(c2)NC(=O)CO3)cc1. The van der Waals surface area contributed by atoms with E-state index in [2.05, 4.69) is 17.0 Å². The van der Waals surface area contributed by atoms with Crippen molar-refractivity contribution in [3.63, 3.8) is 0 Å². The van der Waals surface area contributed by atoms with Gasteiger partial charge in [0.2, 0.25) is 10.0 Å². The van der Waals surface area contributed by atoms with E-state index in [1.807, 2.05) is 24.3 Å². The quantitative estimate of drug-likeness (QED) is 0.858. The van der Waals surface area contributed by atoms with Gasteiger partial charge in [-0.2, -0.15) is 0 Å². The summed E-state index contributed by atoms with van der Waals surface area (Å²) in [6, 6.07) is 11.9. The van der Waals surface area contributed by atoms with E-state index in [1.165, 1.54) is 17.7 Å². The molecule has 0 bridgehead atoms. The number of rotatable bonds is 5. The average molecular weight is 360 g/mol. The molecule has 0 aromatic heterocycles. The van der Waals surface area contributed by atoms with Gasteiger partial charge in [-0.15, -0.1) is 0 Å². The highest BCUT2D eigenvalue weighted by Crippen LogP contribution is 2.30. The minimum Gasteiger partial charge on any atom is -0.482 e. The molecular formula is C18H20N2O4S. The number of aryl methyl sites for hydroxylation is 1. The standard InChI is InChI=1S/C18H20N2O4S/c1-3-13-4-6-14(7-5-13)12(2)20-25(22,23)15-8-9-17-16(10-15)19-18(21)11-24-17/h4-10,12,20H,3,11H2,1-2H3,(H,19,21). The van der Waals surface area contributed by atoms with E-state index in [0.29, 0.717) is 11.4 Å². The molecule has 0 saturated heterocycles. The van der Waals surface area contributed by atoms with Crippen LogP contribution in [0.4, 0.5) is 5.69 Å². The van der Waals surface area contributed by atoms with Crippen LogP contribution in [0.15, 0.2) is 47.4 Å². The van der Waals surface area contributed by atoms with Crippen LogP contribution < -0.4 is 14.8 Å². The zero-order valence-electron chi connectivity index (χ0n) is 14.1. The molecule has 3 rings (SSSR count). The second kappa shape index (κ2) is 6.85. The summed E-state index contributed by atoms with van der Waals surface area (Å²) in [7, 11) is -3.73. The van der Waals surface area contributed by atoms with Crippen LogP contribution in [0.3, 0.4) is 0 Å². The van der Waals surface area contributed by atoms with E-state index in [-0.39, 0.29) is 23.5 Å². The highest BCUT2D eigenvalue weighted by atomic mass is 32.2. The van der Waals surface area contributed by atoms with Gasteiger partial charge in [-0.05, 0) is 42.7 Å². The van der Waals surface area contributed by atoms with Crippen molar-refractivity contribution >= 4 is 21.6 Å². The van der Waals surface area contributed by atoms with Crippen molar-refractivity contribution in [2.75, 3.05) is 11.9 Å². The lowest BCUT2D eigenvalue weighted by Gasteiger charge is -2.19. The third-order valence-corrected chi connectivity index (χ3v) is 5.65. The number of anilines is 1. The van der Waals surface area contributed by atoms with Gasteiger partial charge in [-0.25, -0.2) is 13.1 Å². The second-order valence-electron chi connectivity index (χ2n) is 5.93. The van der Waals surface area contributed by atoms with Gasteiger partial charge in [0.15, 0.2) is 6.61 Å². The predicted octanol–water partition coefficient (Wildman–Crippen LogP) is 2.62. The Morgan fingerprint density at radius 1 is 1.20 bits per heavy atom. The van der Waals surface area contributed by atoms with Crippen molar-refractivity contribution in [3.05, 3.63) is 53.6 Å². The monoisotopic (exact) mass is 360 g/mol. The molecule has 1 heterocycles. The summed E-state index contributed by atoms with van der Waals surface area (Å²) in [6.45, 7) is 3.80. The van der Waals surface area contributed by atoms with E-state index >= 15 is 0 Å². The highest BCUT2D eigenvalue weighted by Gasteiger charge is 2.22. The normalized spacial score (nSPS) is 15.0. The Balaban J connectivity index is 1.81. The molecule has 1 unspecified atom stereocenters. The maximum atomic E-state index is 12.6. The molecule has 0 saturated carbocycles. The number of sulfonamides is 1. The third kappa shape index (κ3) is 3.83. The number of ether oxygens (including phenoxy) is 1. The van der Waals surface area contributed by atoms with Crippen LogP contribution >= 0.6 is 0 Å². The van der Waals surface area contributed by atoms with Gasteiger partial charge in [-0.3, -0.25) is 4.79 Å². The van der Waals surface area contributed by atoms with Gasteiger partial charge in [0.1, 0.15) is 5.75 Å². The summed E-state index contributed by atoms with van der Waals surface area (Å²) in [5, 5.41) is 2.61. The van der Waals surface area contributed by atoms with E-state index in [0.717, 1.165) is 12.0 Å². The van der Waals surface area contributed by atoms with Crippen molar-refractivity contribution < 1.29 is 17.9 Å². The fourth-order valence-corrected chi connectivity index (χ4v) is 3.90. The van der Waals surface area contributed by atoms with Crippen LogP contribution in [0.1, 0.15) is 31.0 Å². The molecule has 0 aliphatic carbocycles. The summed E-state index contributed by atoms with van der Waals surface area (Å²) >= 11 is 0. The van der Waals surface area contributed by atoms with Gasteiger partial charge >= 0.3 is 0 Å². The predicted molar refractivity (Wildman–Crippen MR) is 95.1 cm³/mol. The molecule has 2 aromatic carbocycles. The van der Waals surface area contributed by atoms with E-state index in [4.69, 9.17) is 4.74 Å². The maximum Gasteiger partial charge on any atom is 0.262 e. The third-order valence-electron chi connectivity index (χ3n) is 4.11. The molecule has 6 nitrogen and oxygen atoms in total. The highest BCUT2D eigenvalue weighted by molar-refractivity contribution is 7.89. The Morgan fingerprint density at radius 2 is 1.92 bits per heavy atom. The molecule has 0 fully saturated rings. The van der Waals surface area contributed by atoms with Crippen molar-refractivity contribution in [1.82, 2.24) is 4.72 Å². The van der Waals surface area contributed by atoms with Crippen LogP contribution in [0, 0.1) is 0 Å². The van der Waals surface area contributed by atoms with Crippen molar-refractivity contribution in [3.8, 4) is 5.75 Å². The van der Waals surface area contributed by atoms with Gasteiger partial charge in [-0.1, -0.05) is 31.2 Å². The topological polar surface area (TPSA) is 84.5 Å². The number of nitrogens with one attached hydrogen (secondary N) is 2. The Hall–Kier alpha value is -2.38. The molecule has 1 aliphatic heterocycles. The lowest BCUT2D eigenvalue weighted by Crippen LogP contribution is -2.28. The summed E-state index contributed by atoms with van der Waals surface area (Å²) in [5.74, 6) is 0.154. The molecule has 0 spiro atoms. The van der Waals surface area contributed by atoms with Gasteiger partial charge in [0, 0.05) is 6.04 Å². The fourth-order valence-electron chi connectivity index (χ4n) is 2.64. The summed E-state index contributed by atoms with van der Waals surface area (Å²) in [6.07, 6.45) is 0.934. The molecule has 1 aliphatic rings. The average Bonchev–Trinajstić information content (AvgIpc) is 2.60. The molecule has 1 atom stereocenters. The number of carbonyl (C=O) groups is 1. The van der Waals surface area contributed by atoms with Crippen LogP contribution in [-0.4, -0.2) is 20.9 Å². The van der Waals surface area contributed by atoms with Crippen molar-refractivity contribution in [1.29, 1.82) is 0 Å².